The van der Waals surface area contributed by atoms with Crippen LogP contribution in [-0.2, 0) is 42.8 Å². The first-order chi connectivity index (χ1) is 24.8. The highest BCUT2D eigenvalue weighted by Gasteiger charge is 2.78. The zero-order chi connectivity index (χ0) is 34.6. The summed E-state index contributed by atoms with van der Waals surface area (Å²) in [6.45, 7) is 0. The molecule has 4 saturated heterocycles. The summed E-state index contributed by atoms with van der Waals surface area (Å²) >= 11 is 0. The zero-order valence-corrected chi connectivity index (χ0v) is 27.5. The highest BCUT2D eigenvalue weighted by atomic mass is 19.1. The molecule has 10 nitrogen and oxygen atoms in total. The third-order valence-corrected chi connectivity index (χ3v) is 12.4. The van der Waals surface area contributed by atoms with Crippen LogP contribution in [0.25, 0.3) is 0 Å². The van der Waals surface area contributed by atoms with Crippen LogP contribution in [0.4, 0.5) is 15.8 Å². The van der Waals surface area contributed by atoms with Crippen molar-refractivity contribution in [3.63, 3.8) is 0 Å². The first-order valence-corrected chi connectivity index (χ1v) is 17.6. The van der Waals surface area contributed by atoms with Crippen molar-refractivity contribution in [3.8, 4) is 0 Å². The number of para-hydroxylation sites is 1. The lowest BCUT2D eigenvalue weighted by Crippen LogP contribution is -2.67. The second kappa shape index (κ2) is 10.6. The van der Waals surface area contributed by atoms with Crippen molar-refractivity contribution >= 4 is 35.0 Å². The molecule has 0 radical (unpaired) electrons. The van der Waals surface area contributed by atoms with Crippen molar-refractivity contribution in [2.24, 2.45) is 0 Å². The van der Waals surface area contributed by atoms with E-state index in [0.29, 0.717) is 24.1 Å². The fourth-order valence-electron chi connectivity index (χ4n) is 10.4. The third-order valence-electron chi connectivity index (χ3n) is 12.4. The molecular formula is C40H35FN6O4. The number of nitrogens with zero attached hydrogens (tertiary/aromatic N) is 2. The van der Waals surface area contributed by atoms with E-state index >= 15 is 4.39 Å². The number of carbonyl (C=O) groups is 4. The van der Waals surface area contributed by atoms with E-state index in [-0.39, 0.29) is 36.5 Å². The predicted molar refractivity (Wildman–Crippen MR) is 186 cm³/mol. The Morgan fingerprint density at radius 2 is 1.04 bits per heavy atom. The second-order valence-electron chi connectivity index (χ2n) is 14.7. The fraction of sp³-hybridized carbons (Fsp3) is 0.300. The SMILES string of the molecule is O=C1N[C@@H](Cc2ccccc2)C(=O)N2[C@H]3Nc4ccccc4[C@@]3([C@@]34C[C@H]5C(=O)N[C@@H](Cc6ccccc6)C(=O)N5[C@H]3Nc3ccc(F)cc34)C[C@@H]12. The molecule has 11 heteroatoms. The number of anilines is 2. The van der Waals surface area contributed by atoms with Gasteiger partial charge >= 0.3 is 0 Å². The maximum atomic E-state index is 15.5. The number of amides is 4. The first kappa shape index (κ1) is 30.1. The minimum Gasteiger partial charge on any atom is -0.364 e. The Bertz CT molecular complexity index is 2150. The van der Waals surface area contributed by atoms with Crippen LogP contribution in [0.1, 0.15) is 35.1 Å². The molecule has 8 atom stereocenters. The van der Waals surface area contributed by atoms with Gasteiger partial charge in [0.05, 0.1) is 10.8 Å². The van der Waals surface area contributed by atoms with Crippen molar-refractivity contribution in [2.75, 3.05) is 10.6 Å². The van der Waals surface area contributed by atoms with Gasteiger partial charge in [-0.3, -0.25) is 19.2 Å². The van der Waals surface area contributed by atoms with Crippen LogP contribution in [0.15, 0.2) is 103 Å². The lowest BCUT2D eigenvalue weighted by molar-refractivity contribution is -0.149. The summed E-state index contributed by atoms with van der Waals surface area (Å²) in [5, 5.41) is 13.3. The molecule has 0 aliphatic carbocycles. The fourth-order valence-corrected chi connectivity index (χ4v) is 10.4. The van der Waals surface area contributed by atoms with E-state index in [0.717, 1.165) is 22.4 Å². The quantitative estimate of drug-likeness (QED) is 0.257. The largest absolute Gasteiger partial charge is 0.364 e. The first-order valence-electron chi connectivity index (χ1n) is 17.6. The van der Waals surface area contributed by atoms with E-state index < -0.39 is 53.1 Å². The van der Waals surface area contributed by atoms with Gasteiger partial charge in [-0.1, -0.05) is 78.9 Å². The number of nitrogens with one attached hydrogen (secondary N) is 4. The summed E-state index contributed by atoms with van der Waals surface area (Å²) in [4.78, 5) is 60.9. The number of rotatable bonds is 5. The van der Waals surface area contributed by atoms with E-state index in [2.05, 4.69) is 21.3 Å². The summed E-state index contributed by atoms with van der Waals surface area (Å²) in [5.41, 5.74) is 2.68. The minimum atomic E-state index is -1.11. The number of fused-ring (bicyclic) bond motifs is 11. The number of halogens is 1. The van der Waals surface area contributed by atoms with Gasteiger partial charge in [-0.25, -0.2) is 4.39 Å². The molecule has 0 aromatic heterocycles. The van der Waals surface area contributed by atoms with Gasteiger partial charge in [0.25, 0.3) is 0 Å². The lowest BCUT2D eigenvalue weighted by atomic mass is 9.54. The van der Waals surface area contributed by atoms with E-state index in [9.17, 15) is 19.2 Å². The standard InChI is InChI=1S/C40H35FN6O4/c41-24-15-16-28-26(19-24)40(21-32-34(49)43-30(18-23-11-5-2-6-12-23)36(51)47(32)38(40)45-28)39-20-31-33(48)42-29(17-22-9-3-1-4-10-22)35(50)46(31)37(39)44-27-14-8-7-13-25(27)39/h1-16,19,29-32,37-38,44-45H,17-18,20-21H2,(H,42,48)(H,43,49)/t29-,30-,31-,32-,37+,38+,39-,40+/m0/s1. The smallest absolute Gasteiger partial charge is 0.247 e. The van der Waals surface area contributed by atoms with Crippen molar-refractivity contribution in [3.05, 3.63) is 131 Å². The van der Waals surface area contributed by atoms with Crippen LogP contribution >= 0.6 is 0 Å². The maximum absolute atomic E-state index is 15.5. The van der Waals surface area contributed by atoms with Gasteiger partial charge < -0.3 is 31.1 Å². The summed E-state index contributed by atoms with van der Waals surface area (Å²) < 4.78 is 15.5. The number of piperazine rings is 2. The topological polar surface area (TPSA) is 123 Å². The van der Waals surface area contributed by atoms with Gasteiger partial charge in [-0.15, -0.1) is 0 Å². The van der Waals surface area contributed by atoms with Crippen LogP contribution in [0.2, 0.25) is 0 Å². The molecule has 0 bridgehead atoms. The Labute approximate surface area is 293 Å². The summed E-state index contributed by atoms with van der Waals surface area (Å²) in [5.74, 6) is -1.41. The van der Waals surface area contributed by atoms with Crippen LogP contribution in [-0.4, -0.2) is 69.9 Å². The van der Waals surface area contributed by atoms with E-state index in [4.69, 9.17) is 0 Å². The predicted octanol–water partition coefficient (Wildman–Crippen LogP) is 3.19. The molecule has 4 aromatic carbocycles. The van der Waals surface area contributed by atoms with Gasteiger partial charge in [0, 0.05) is 24.2 Å². The van der Waals surface area contributed by atoms with Gasteiger partial charge in [0.2, 0.25) is 23.6 Å². The Morgan fingerprint density at radius 3 is 1.59 bits per heavy atom. The second-order valence-corrected chi connectivity index (χ2v) is 14.7. The van der Waals surface area contributed by atoms with Gasteiger partial charge in [-0.05, 0) is 59.4 Å². The van der Waals surface area contributed by atoms with Crippen molar-refractivity contribution < 1.29 is 23.6 Å². The normalized spacial score (nSPS) is 32.5. The number of carbonyl (C=O) groups excluding carboxylic acids is 4. The van der Waals surface area contributed by atoms with Gasteiger partial charge in [0.15, 0.2) is 0 Å². The monoisotopic (exact) mass is 682 g/mol. The highest BCUT2D eigenvalue weighted by molar-refractivity contribution is 6.01. The minimum absolute atomic E-state index is 0.174. The Kier molecular flexibility index (Phi) is 6.29. The van der Waals surface area contributed by atoms with Crippen molar-refractivity contribution in [1.82, 2.24) is 20.4 Å². The maximum Gasteiger partial charge on any atom is 0.247 e. The molecule has 0 unspecified atom stereocenters. The molecule has 51 heavy (non-hydrogen) atoms. The van der Waals surface area contributed by atoms with E-state index in [1.54, 1.807) is 15.9 Å². The molecule has 0 spiro atoms. The molecule has 4 N–H and O–H groups in total. The lowest BCUT2D eigenvalue weighted by Gasteiger charge is -2.48. The van der Waals surface area contributed by atoms with E-state index in [1.165, 1.54) is 12.1 Å². The van der Waals surface area contributed by atoms with Gasteiger partial charge in [-0.2, -0.15) is 0 Å². The Balaban J connectivity index is 1.14. The molecule has 10 rings (SSSR count). The number of benzene rings is 4. The molecule has 256 valence electrons. The molecule has 4 aromatic rings. The Morgan fingerprint density at radius 1 is 0.569 bits per heavy atom. The molecule has 4 fully saturated rings. The number of hydrogen-bond donors (Lipinski definition) is 4. The number of hydrogen-bond acceptors (Lipinski definition) is 6. The molecule has 6 aliphatic rings. The van der Waals surface area contributed by atoms with Crippen LogP contribution in [0, 0.1) is 5.82 Å². The van der Waals surface area contributed by atoms with Crippen LogP contribution < -0.4 is 21.3 Å². The Hall–Kier alpha value is -5.71. The average molecular weight is 683 g/mol. The molecule has 0 saturated carbocycles. The molecule has 6 heterocycles. The van der Waals surface area contributed by atoms with Crippen LogP contribution in [0.5, 0.6) is 0 Å². The third kappa shape index (κ3) is 3.97. The summed E-state index contributed by atoms with van der Waals surface area (Å²) in [6, 6.07) is 28.3. The van der Waals surface area contributed by atoms with E-state index in [1.807, 2.05) is 84.9 Å². The van der Waals surface area contributed by atoms with Crippen LogP contribution in [0.3, 0.4) is 0 Å². The highest BCUT2D eigenvalue weighted by Crippen LogP contribution is 2.69. The molecular weight excluding hydrogens is 647 g/mol. The van der Waals surface area contributed by atoms with Crippen molar-refractivity contribution in [1.29, 1.82) is 0 Å². The van der Waals surface area contributed by atoms with Gasteiger partial charge in [0.1, 0.15) is 42.3 Å². The van der Waals surface area contributed by atoms with Crippen molar-refractivity contribution in [2.45, 2.75) is 73.0 Å². The molecule has 4 amide bonds. The molecule has 6 aliphatic heterocycles. The zero-order valence-electron chi connectivity index (χ0n) is 27.5. The summed E-state index contributed by atoms with van der Waals surface area (Å²) in [6.07, 6.45) is -0.428. The average Bonchev–Trinajstić information content (AvgIpc) is 3.85. The summed E-state index contributed by atoms with van der Waals surface area (Å²) in [7, 11) is 0.